The van der Waals surface area contributed by atoms with E-state index in [2.05, 4.69) is 11.9 Å². The summed E-state index contributed by atoms with van der Waals surface area (Å²) in [4.78, 5) is 21.6. The van der Waals surface area contributed by atoms with Crippen LogP contribution in [0.4, 0.5) is 0 Å². The molecule has 72 valence electrons. The maximum absolute atomic E-state index is 10.8. The van der Waals surface area contributed by atoms with Gasteiger partial charge in [-0.15, -0.1) is 0 Å². The van der Waals surface area contributed by atoms with Gasteiger partial charge in [-0.3, -0.25) is 5.32 Å². The van der Waals surface area contributed by atoms with Gasteiger partial charge in [-0.2, -0.15) is 0 Å². The van der Waals surface area contributed by atoms with E-state index < -0.39 is 17.7 Å². The van der Waals surface area contributed by atoms with Crippen LogP contribution >= 0.6 is 0 Å². The maximum atomic E-state index is 10.8. The molecule has 5 heteroatoms. The molecular formula is C8H11NO4. The second-order valence-electron chi connectivity index (χ2n) is 2.79. The van der Waals surface area contributed by atoms with E-state index in [1.807, 2.05) is 0 Å². The molecule has 0 unspecified atom stereocenters. The van der Waals surface area contributed by atoms with Crippen LogP contribution in [0, 0.1) is 0 Å². The van der Waals surface area contributed by atoms with Crippen molar-refractivity contribution in [3.63, 3.8) is 0 Å². The number of carbonyl (C=O) groups excluding carboxylic acids is 1. The molecule has 0 saturated carbocycles. The fraction of sp³-hybridized carbons (Fsp3) is 0.500. The summed E-state index contributed by atoms with van der Waals surface area (Å²) in [5.41, 5.74) is -1.54. The molecule has 0 aromatic heterocycles. The minimum atomic E-state index is -1.54. The quantitative estimate of drug-likeness (QED) is 0.473. The lowest BCUT2D eigenvalue weighted by molar-refractivity contribution is -0.177. The van der Waals surface area contributed by atoms with Gasteiger partial charge >= 0.3 is 11.9 Å². The molecule has 1 rings (SSSR count). The number of carboxylic acid groups (broad SMARTS) is 1. The molecule has 0 aliphatic carbocycles. The van der Waals surface area contributed by atoms with Crippen molar-refractivity contribution in [3.8, 4) is 0 Å². The van der Waals surface area contributed by atoms with Crippen molar-refractivity contribution in [3.05, 3.63) is 12.7 Å². The highest BCUT2D eigenvalue weighted by Gasteiger charge is 2.44. The molecule has 1 fully saturated rings. The van der Waals surface area contributed by atoms with Gasteiger partial charge in [0.25, 0.3) is 5.72 Å². The zero-order chi connectivity index (χ0) is 9.90. The first-order valence-corrected chi connectivity index (χ1v) is 3.94. The van der Waals surface area contributed by atoms with E-state index in [1.165, 1.54) is 0 Å². The Labute approximate surface area is 75.4 Å². The summed E-state index contributed by atoms with van der Waals surface area (Å²) < 4.78 is 4.74. The number of carboxylic acids is 1. The van der Waals surface area contributed by atoms with E-state index in [4.69, 9.17) is 9.84 Å². The number of carbonyl (C=O) groups is 2. The summed E-state index contributed by atoms with van der Waals surface area (Å²) in [6.07, 6.45) is 1.92. The Morgan fingerprint density at radius 2 is 2.31 bits per heavy atom. The smallest absolute Gasteiger partial charge is 0.364 e. The largest absolute Gasteiger partial charge is 0.477 e. The molecule has 0 bridgehead atoms. The van der Waals surface area contributed by atoms with Crippen molar-refractivity contribution < 1.29 is 19.4 Å². The Kier molecular flexibility index (Phi) is 2.67. The van der Waals surface area contributed by atoms with Crippen LogP contribution in [-0.4, -0.2) is 29.3 Å². The lowest BCUT2D eigenvalue weighted by Gasteiger charge is -2.23. The Bertz CT molecular complexity index is 243. The summed E-state index contributed by atoms with van der Waals surface area (Å²) >= 11 is 0. The average Bonchev–Trinajstić information content (AvgIpc) is 2.54. The van der Waals surface area contributed by atoms with Gasteiger partial charge < -0.3 is 9.84 Å². The van der Waals surface area contributed by atoms with Crippen LogP contribution in [0.5, 0.6) is 0 Å². The third kappa shape index (κ3) is 1.86. The number of ether oxygens (including phenoxy) is 1. The van der Waals surface area contributed by atoms with Gasteiger partial charge in [-0.25, -0.2) is 9.59 Å². The number of hydrogen-bond acceptors (Lipinski definition) is 4. The summed E-state index contributed by atoms with van der Waals surface area (Å²) in [7, 11) is 0. The molecule has 1 saturated heterocycles. The second kappa shape index (κ2) is 3.57. The normalized spacial score (nSPS) is 26.8. The number of nitrogens with one attached hydrogen (secondary N) is 1. The summed E-state index contributed by atoms with van der Waals surface area (Å²) in [5, 5.41) is 11.5. The van der Waals surface area contributed by atoms with Crippen molar-refractivity contribution in [1.29, 1.82) is 0 Å². The molecule has 13 heavy (non-hydrogen) atoms. The third-order valence-electron chi connectivity index (χ3n) is 1.90. The van der Waals surface area contributed by atoms with E-state index in [0.717, 1.165) is 6.08 Å². The molecule has 0 aromatic rings. The van der Waals surface area contributed by atoms with Gasteiger partial charge in [0.05, 0.1) is 0 Å². The number of rotatable bonds is 3. The van der Waals surface area contributed by atoms with Gasteiger partial charge in [-0.05, 0) is 13.0 Å². The number of esters is 1. The summed E-state index contributed by atoms with van der Waals surface area (Å²) in [5.74, 6) is -1.89. The average molecular weight is 185 g/mol. The maximum Gasteiger partial charge on any atom is 0.364 e. The van der Waals surface area contributed by atoms with Crippen LogP contribution in [0.2, 0.25) is 0 Å². The first-order valence-electron chi connectivity index (χ1n) is 3.94. The zero-order valence-corrected chi connectivity index (χ0v) is 7.08. The van der Waals surface area contributed by atoms with Crippen molar-refractivity contribution >= 4 is 11.9 Å². The van der Waals surface area contributed by atoms with Gasteiger partial charge in [0.15, 0.2) is 0 Å². The van der Waals surface area contributed by atoms with E-state index in [1.54, 1.807) is 0 Å². The molecular weight excluding hydrogens is 174 g/mol. The van der Waals surface area contributed by atoms with E-state index in [-0.39, 0.29) is 0 Å². The van der Waals surface area contributed by atoms with Gasteiger partial charge in [0.1, 0.15) is 0 Å². The molecule has 0 spiro atoms. The highest BCUT2D eigenvalue weighted by Crippen LogP contribution is 2.21. The number of hydrogen-bond donors (Lipinski definition) is 2. The Morgan fingerprint density at radius 1 is 1.62 bits per heavy atom. The Balaban J connectivity index is 2.73. The fourth-order valence-electron chi connectivity index (χ4n) is 1.24. The van der Waals surface area contributed by atoms with E-state index in [9.17, 15) is 9.59 Å². The van der Waals surface area contributed by atoms with Crippen LogP contribution in [-0.2, 0) is 14.3 Å². The first kappa shape index (κ1) is 9.73. The molecule has 5 nitrogen and oxygen atoms in total. The monoisotopic (exact) mass is 185 g/mol. The molecule has 0 aromatic carbocycles. The molecule has 1 heterocycles. The highest BCUT2D eigenvalue weighted by atomic mass is 16.6. The molecule has 0 radical (unpaired) electrons. The van der Waals surface area contributed by atoms with Crippen LogP contribution < -0.4 is 5.32 Å². The Morgan fingerprint density at radius 3 is 2.69 bits per heavy atom. The topological polar surface area (TPSA) is 75.6 Å². The second-order valence-corrected chi connectivity index (χ2v) is 2.79. The minimum absolute atomic E-state index is 0.294. The van der Waals surface area contributed by atoms with Crippen LogP contribution in [0.25, 0.3) is 0 Å². The van der Waals surface area contributed by atoms with Crippen LogP contribution in [0.15, 0.2) is 12.7 Å². The minimum Gasteiger partial charge on any atom is -0.477 e. The fourth-order valence-corrected chi connectivity index (χ4v) is 1.24. The van der Waals surface area contributed by atoms with Crippen molar-refractivity contribution in [2.24, 2.45) is 0 Å². The highest BCUT2D eigenvalue weighted by molar-refractivity contribution is 5.86. The van der Waals surface area contributed by atoms with Crippen molar-refractivity contribution in [2.45, 2.75) is 18.6 Å². The SMILES string of the molecule is C=CC(=O)O[C@@]1(C(=O)O)CCCN1. The third-order valence-corrected chi connectivity index (χ3v) is 1.90. The van der Waals surface area contributed by atoms with Gasteiger partial charge in [0, 0.05) is 12.5 Å². The predicted molar refractivity (Wildman–Crippen MR) is 43.9 cm³/mol. The van der Waals surface area contributed by atoms with Crippen LogP contribution in [0.3, 0.4) is 0 Å². The molecule has 1 aliphatic rings. The zero-order valence-electron chi connectivity index (χ0n) is 7.08. The molecule has 2 N–H and O–H groups in total. The molecule has 1 aliphatic heterocycles. The standard InChI is InChI=1S/C8H11NO4/c1-2-6(10)13-8(7(11)12)4-3-5-9-8/h2,9H,1,3-5H2,(H,11,12)/t8-/m1/s1. The lowest BCUT2D eigenvalue weighted by atomic mass is 10.1. The summed E-state index contributed by atoms with van der Waals surface area (Å²) in [6, 6.07) is 0. The summed E-state index contributed by atoms with van der Waals surface area (Å²) in [6.45, 7) is 3.74. The van der Waals surface area contributed by atoms with Crippen molar-refractivity contribution in [2.75, 3.05) is 6.54 Å². The van der Waals surface area contributed by atoms with Crippen molar-refractivity contribution in [1.82, 2.24) is 5.32 Å². The molecule has 0 amide bonds. The number of aliphatic carboxylic acids is 1. The molecule has 1 atom stereocenters. The van der Waals surface area contributed by atoms with Crippen LogP contribution in [0.1, 0.15) is 12.8 Å². The first-order chi connectivity index (χ1) is 6.10. The van der Waals surface area contributed by atoms with E-state index in [0.29, 0.717) is 19.4 Å². The van der Waals surface area contributed by atoms with Gasteiger partial charge in [0.2, 0.25) is 0 Å². The van der Waals surface area contributed by atoms with E-state index >= 15 is 0 Å². The predicted octanol–water partition coefficient (Wildman–Crippen LogP) is -0.120. The lowest BCUT2D eigenvalue weighted by Crippen LogP contribution is -2.51. The Hall–Kier alpha value is -1.36. The van der Waals surface area contributed by atoms with Gasteiger partial charge in [-0.1, -0.05) is 6.58 Å².